The Kier molecular flexibility index (Phi) is 4.44. The van der Waals surface area contributed by atoms with E-state index in [9.17, 15) is 20.0 Å². The molecule has 2 aliphatic carbocycles. The molecule has 0 spiro atoms. The number of alkyl carbamates (subject to hydrolysis) is 1. The minimum atomic E-state index is -0.851. The predicted molar refractivity (Wildman–Crippen MR) is 89.3 cm³/mol. The third-order valence-electron chi connectivity index (χ3n) is 5.69. The van der Waals surface area contributed by atoms with Crippen LogP contribution in [0.4, 0.5) is 4.79 Å². The van der Waals surface area contributed by atoms with Crippen molar-refractivity contribution in [2.24, 2.45) is 11.3 Å². The molecule has 7 nitrogen and oxygen atoms in total. The summed E-state index contributed by atoms with van der Waals surface area (Å²) in [4.78, 5) is 27.2. The molecule has 2 N–H and O–H groups in total. The third-order valence-corrected chi connectivity index (χ3v) is 5.69. The minimum absolute atomic E-state index is 0.107. The van der Waals surface area contributed by atoms with E-state index in [4.69, 9.17) is 4.74 Å². The number of nitriles is 1. The highest BCUT2D eigenvalue weighted by molar-refractivity contribution is 5.88. The molecule has 0 radical (unpaired) electrons. The number of aliphatic hydroxyl groups is 1. The predicted octanol–water partition coefficient (Wildman–Crippen LogP) is 1.56. The number of ether oxygens (including phenoxy) is 1. The van der Waals surface area contributed by atoms with Crippen LogP contribution in [0.3, 0.4) is 0 Å². The Hall–Kier alpha value is -1.81. The maximum atomic E-state index is 13.2. The molecular formula is C18H27N3O4. The second-order valence-corrected chi connectivity index (χ2v) is 8.64. The quantitative estimate of drug-likeness (QED) is 0.802. The van der Waals surface area contributed by atoms with Gasteiger partial charge in [0.25, 0.3) is 0 Å². The van der Waals surface area contributed by atoms with Crippen molar-refractivity contribution < 1.29 is 19.4 Å². The van der Waals surface area contributed by atoms with Crippen LogP contribution in [0.25, 0.3) is 0 Å². The Labute approximate surface area is 148 Å². The molecule has 0 aromatic heterocycles. The Balaban J connectivity index is 1.80. The van der Waals surface area contributed by atoms with Gasteiger partial charge in [0.05, 0.1) is 12.7 Å². The van der Waals surface area contributed by atoms with Gasteiger partial charge in [0.1, 0.15) is 17.7 Å². The minimum Gasteiger partial charge on any atom is -0.444 e. The Bertz CT molecular complexity index is 597. The average molecular weight is 349 g/mol. The van der Waals surface area contributed by atoms with Crippen LogP contribution in [0.5, 0.6) is 0 Å². The first kappa shape index (κ1) is 18.0. The topological polar surface area (TPSA) is 103 Å². The Morgan fingerprint density at radius 2 is 2.08 bits per heavy atom. The van der Waals surface area contributed by atoms with Crippen LogP contribution in [-0.2, 0) is 9.53 Å². The molecule has 138 valence electrons. The van der Waals surface area contributed by atoms with Crippen LogP contribution in [0.2, 0.25) is 0 Å². The van der Waals surface area contributed by atoms with Crippen molar-refractivity contribution in [3.63, 3.8) is 0 Å². The molecule has 0 bridgehead atoms. The molecule has 2 amide bonds. The van der Waals surface area contributed by atoms with Crippen molar-refractivity contribution in [3.8, 4) is 6.07 Å². The lowest BCUT2D eigenvalue weighted by Crippen LogP contribution is -2.62. The SMILES string of the molecule is CC(C)(C)OC(=O)NC(C(=O)N1C(C#N)CC2CC21)C1(CO)CCC1. The molecule has 4 atom stereocenters. The van der Waals surface area contributed by atoms with Crippen LogP contribution in [0, 0.1) is 22.7 Å². The number of piperidine rings is 1. The van der Waals surface area contributed by atoms with E-state index in [1.165, 1.54) is 0 Å². The molecule has 3 aliphatic rings. The summed E-state index contributed by atoms with van der Waals surface area (Å²) < 4.78 is 5.31. The van der Waals surface area contributed by atoms with Crippen molar-refractivity contribution in [2.45, 2.75) is 76.6 Å². The lowest BCUT2D eigenvalue weighted by atomic mass is 9.64. The first-order valence-corrected chi connectivity index (χ1v) is 9.03. The zero-order chi connectivity index (χ0) is 18.4. The second-order valence-electron chi connectivity index (χ2n) is 8.64. The van der Waals surface area contributed by atoms with Crippen LogP contribution in [0.15, 0.2) is 0 Å². The van der Waals surface area contributed by atoms with E-state index in [-0.39, 0.29) is 18.6 Å². The Morgan fingerprint density at radius 1 is 1.40 bits per heavy atom. The van der Waals surface area contributed by atoms with Gasteiger partial charge in [-0.15, -0.1) is 0 Å². The summed E-state index contributed by atoms with van der Waals surface area (Å²) in [6.07, 6.45) is 3.23. The van der Waals surface area contributed by atoms with E-state index < -0.39 is 29.2 Å². The summed E-state index contributed by atoms with van der Waals surface area (Å²) in [5.74, 6) is 0.151. The number of rotatable bonds is 4. The summed E-state index contributed by atoms with van der Waals surface area (Å²) in [7, 11) is 0. The average Bonchev–Trinajstić information content (AvgIpc) is 3.13. The summed E-state index contributed by atoms with van der Waals surface area (Å²) >= 11 is 0. The van der Waals surface area contributed by atoms with Gasteiger partial charge in [-0.2, -0.15) is 5.26 Å². The molecule has 1 aliphatic heterocycles. The smallest absolute Gasteiger partial charge is 0.408 e. The lowest BCUT2D eigenvalue weighted by molar-refractivity contribution is -0.142. The van der Waals surface area contributed by atoms with E-state index >= 15 is 0 Å². The van der Waals surface area contributed by atoms with Gasteiger partial charge in [-0.25, -0.2) is 4.79 Å². The van der Waals surface area contributed by atoms with Crippen molar-refractivity contribution in [3.05, 3.63) is 0 Å². The standard InChI is InChI=1S/C18H27N3O4/c1-17(2,3)25-16(24)20-14(18(10-22)5-4-6-18)15(23)21-12(9-19)7-11-8-13(11)21/h11-14,22H,4-8,10H2,1-3H3,(H,20,24). The number of carbonyl (C=O) groups excluding carboxylic acids is 2. The van der Waals surface area contributed by atoms with Gasteiger partial charge in [-0.3, -0.25) is 4.79 Å². The highest BCUT2D eigenvalue weighted by Gasteiger charge is 2.58. The molecule has 3 fully saturated rings. The molecule has 0 aromatic carbocycles. The molecular weight excluding hydrogens is 322 g/mol. The first-order valence-electron chi connectivity index (χ1n) is 9.03. The summed E-state index contributed by atoms with van der Waals surface area (Å²) in [5, 5.41) is 22.0. The Morgan fingerprint density at radius 3 is 2.56 bits per heavy atom. The van der Waals surface area contributed by atoms with Gasteiger partial charge in [0.2, 0.25) is 5.91 Å². The summed E-state index contributed by atoms with van der Waals surface area (Å²) in [5.41, 5.74) is -1.32. The fourth-order valence-corrected chi connectivity index (χ4v) is 4.11. The number of fused-ring (bicyclic) bond motifs is 1. The van der Waals surface area contributed by atoms with Gasteiger partial charge < -0.3 is 20.1 Å². The lowest BCUT2D eigenvalue weighted by Gasteiger charge is -2.47. The molecule has 2 saturated carbocycles. The number of amides is 2. The highest BCUT2D eigenvalue weighted by atomic mass is 16.6. The zero-order valence-electron chi connectivity index (χ0n) is 15.1. The van der Waals surface area contributed by atoms with Gasteiger partial charge >= 0.3 is 6.09 Å². The van der Waals surface area contributed by atoms with E-state index in [1.54, 1.807) is 25.7 Å². The molecule has 7 heteroatoms. The van der Waals surface area contributed by atoms with E-state index in [1.807, 2.05) is 0 Å². The first-order chi connectivity index (χ1) is 11.7. The van der Waals surface area contributed by atoms with Gasteiger partial charge in [-0.1, -0.05) is 6.42 Å². The largest absolute Gasteiger partial charge is 0.444 e. The maximum Gasteiger partial charge on any atom is 0.408 e. The number of hydrogen-bond acceptors (Lipinski definition) is 5. The fraction of sp³-hybridized carbons (Fsp3) is 0.833. The zero-order valence-corrected chi connectivity index (χ0v) is 15.1. The molecule has 25 heavy (non-hydrogen) atoms. The van der Waals surface area contributed by atoms with Crippen LogP contribution < -0.4 is 5.32 Å². The van der Waals surface area contributed by atoms with Crippen LogP contribution in [0.1, 0.15) is 52.9 Å². The van der Waals surface area contributed by atoms with Crippen molar-refractivity contribution in [2.75, 3.05) is 6.61 Å². The van der Waals surface area contributed by atoms with E-state index in [0.29, 0.717) is 25.2 Å². The summed E-state index contributed by atoms with van der Waals surface area (Å²) in [6.45, 7) is 5.11. The van der Waals surface area contributed by atoms with Crippen molar-refractivity contribution in [1.29, 1.82) is 5.26 Å². The monoisotopic (exact) mass is 349 g/mol. The van der Waals surface area contributed by atoms with Crippen molar-refractivity contribution >= 4 is 12.0 Å². The van der Waals surface area contributed by atoms with Crippen LogP contribution >= 0.6 is 0 Å². The molecule has 1 saturated heterocycles. The summed E-state index contributed by atoms with van der Waals surface area (Å²) in [6, 6.07) is 1.03. The van der Waals surface area contributed by atoms with E-state index in [2.05, 4.69) is 11.4 Å². The highest BCUT2D eigenvalue weighted by Crippen LogP contribution is 2.50. The number of likely N-dealkylation sites (tertiary alicyclic amines) is 1. The normalized spacial score (nSPS) is 30.5. The number of nitrogens with one attached hydrogen (secondary N) is 1. The molecule has 4 unspecified atom stereocenters. The number of carbonyl (C=O) groups is 2. The fourth-order valence-electron chi connectivity index (χ4n) is 4.11. The van der Waals surface area contributed by atoms with Gasteiger partial charge in [0, 0.05) is 11.5 Å². The molecule has 1 heterocycles. The second kappa shape index (κ2) is 6.17. The van der Waals surface area contributed by atoms with Crippen LogP contribution in [-0.4, -0.2) is 52.3 Å². The third kappa shape index (κ3) is 3.32. The molecule has 0 aromatic rings. The van der Waals surface area contributed by atoms with Gasteiger partial charge in [0.15, 0.2) is 0 Å². The van der Waals surface area contributed by atoms with E-state index in [0.717, 1.165) is 12.8 Å². The maximum absolute atomic E-state index is 13.2. The molecule has 3 rings (SSSR count). The van der Waals surface area contributed by atoms with Gasteiger partial charge in [-0.05, 0) is 52.4 Å². The number of aliphatic hydroxyl groups excluding tert-OH is 1. The number of nitrogens with zero attached hydrogens (tertiary/aromatic N) is 2. The van der Waals surface area contributed by atoms with Crippen molar-refractivity contribution in [1.82, 2.24) is 10.2 Å². The number of hydrogen-bond donors (Lipinski definition) is 2.